The van der Waals surface area contributed by atoms with E-state index in [2.05, 4.69) is 31.4 Å². The molecule has 66 valence electrons. The van der Waals surface area contributed by atoms with E-state index in [9.17, 15) is 0 Å². The van der Waals surface area contributed by atoms with Gasteiger partial charge in [-0.25, -0.2) is 0 Å². The lowest BCUT2D eigenvalue weighted by Gasteiger charge is -2.06. The van der Waals surface area contributed by atoms with E-state index in [-0.39, 0.29) is 6.61 Å². The summed E-state index contributed by atoms with van der Waals surface area (Å²) in [6.07, 6.45) is 2.83. The normalized spacial score (nSPS) is 10.2. The van der Waals surface area contributed by atoms with E-state index in [1.807, 2.05) is 0 Å². The second-order valence-electron chi connectivity index (χ2n) is 2.79. The van der Waals surface area contributed by atoms with Crippen LogP contribution >= 0.6 is 11.8 Å². The van der Waals surface area contributed by atoms with Gasteiger partial charge in [-0.3, -0.25) is 0 Å². The van der Waals surface area contributed by atoms with Crippen LogP contribution in [0.2, 0.25) is 0 Å². The fourth-order valence-electron chi connectivity index (χ4n) is 1.18. The maximum absolute atomic E-state index is 8.80. The van der Waals surface area contributed by atoms with Crippen molar-refractivity contribution in [1.82, 2.24) is 0 Å². The molecule has 0 fully saturated rings. The van der Waals surface area contributed by atoms with E-state index in [0.717, 1.165) is 6.42 Å². The molecule has 1 aromatic carbocycles. The van der Waals surface area contributed by atoms with Gasteiger partial charge in [-0.1, -0.05) is 17.7 Å². The zero-order valence-electron chi connectivity index (χ0n) is 7.50. The van der Waals surface area contributed by atoms with E-state index in [1.165, 1.54) is 16.0 Å². The van der Waals surface area contributed by atoms with Gasteiger partial charge in [0.25, 0.3) is 0 Å². The molecule has 12 heavy (non-hydrogen) atoms. The number of aryl methyl sites for hydroxylation is 1. The average molecular weight is 182 g/mol. The summed E-state index contributed by atoms with van der Waals surface area (Å²) in [7, 11) is 0. The predicted molar refractivity (Wildman–Crippen MR) is 53.7 cm³/mol. The molecule has 0 atom stereocenters. The number of aliphatic hydroxyl groups excluding tert-OH is 1. The highest BCUT2D eigenvalue weighted by Crippen LogP contribution is 2.21. The first kappa shape index (κ1) is 9.62. The van der Waals surface area contributed by atoms with Crippen molar-refractivity contribution in [3.05, 3.63) is 29.3 Å². The molecular weight excluding hydrogens is 168 g/mol. The third-order valence-corrected chi connectivity index (χ3v) is 2.64. The van der Waals surface area contributed by atoms with Crippen LogP contribution in [0.25, 0.3) is 0 Å². The van der Waals surface area contributed by atoms with Gasteiger partial charge in [-0.2, -0.15) is 0 Å². The van der Waals surface area contributed by atoms with Gasteiger partial charge in [-0.05, 0) is 31.2 Å². The van der Waals surface area contributed by atoms with E-state index in [1.54, 1.807) is 11.8 Å². The third kappa shape index (κ3) is 2.26. The van der Waals surface area contributed by atoms with Crippen LogP contribution in [0, 0.1) is 6.92 Å². The number of rotatable bonds is 3. The largest absolute Gasteiger partial charge is 0.396 e. The highest BCUT2D eigenvalue weighted by Gasteiger charge is 1.99. The SMILES string of the molecule is CSc1cc(C)ccc1CCO. The Labute approximate surface area is 77.8 Å². The van der Waals surface area contributed by atoms with Crippen molar-refractivity contribution < 1.29 is 5.11 Å². The van der Waals surface area contributed by atoms with Crippen molar-refractivity contribution in [1.29, 1.82) is 0 Å². The molecule has 0 unspecified atom stereocenters. The summed E-state index contributed by atoms with van der Waals surface area (Å²) in [5.41, 5.74) is 2.52. The molecule has 2 heteroatoms. The topological polar surface area (TPSA) is 20.2 Å². The molecule has 0 spiro atoms. The zero-order chi connectivity index (χ0) is 8.97. The van der Waals surface area contributed by atoms with E-state index in [4.69, 9.17) is 5.11 Å². The quantitative estimate of drug-likeness (QED) is 0.723. The first-order chi connectivity index (χ1) is 5.77. The van der Waals surface area contributed by atoms with Crippen LogP contribution in [0.1, 0.15) is 11.1 Å². The predicted octanol–water partition coefficient (Wildman–Crippen LogP) is 2.25. The summed E-state index contributed by atoms with van der Waals surface area (Å²) >= 11 is 1.74. The van der Waals surface area contributed by atoms with Gasteiger partial charge in [0.15, 0.2) is 0 Å². The number of hydrogen-bond donors (Lipinski definition) is 1. The summed E-state index contributed by atoms with van der Waals surface area (Å²) in [6, 6.07) is 6.35. The Morgan fingerprint density at radius 2 is 2.17 bits per heavy atom. The Balaban J connectivity index is 2.94. The monoisotopic (exact) mass is 182 g/mol. The summed E-state index contributed by atoms with van der Waals surface area (Å²) in [5.74, 6) is 0. The standard InChI is InChI=1S/C10H14OS/c1-8-3-4-9(5-6-11)10(7-8)12-2/h3-4,7,11H,5-6H2,1-2H3. The summed E-state index contributed by atoms with van der Waals surface area (Å²) in [5, 5.41) is 8.80. The maximum atomic E-state index is 8.80. The Kier molecular flexibility index (Phi) is 3.63. The van der Waals surface area contributed by atoms with Crippen molar-refractivity contribution in [2.75, 3.05) is 12.9 Å². The molecule has 0 aromatic heterocycles. The Bertz CT molecular complexity index is 258. The Morgan fingerprint density at radius 3 is 2.75 bits per heavy atom. The lowest BCUT2D eigenvalue weighted by atomic mass is 10.1. The van der Waals surface area contributed by atoms with E-state index >= 15 is 0 Å². The van der Waals surface area contributed by atoms with Crippen molar-refractivity contribution in [2.24, 2.45) is 0 Å². The minimum atomic E-state index is 0.233. The Morgan fingerprint density at radius 1 is 1.42 bits per heavy atom. The minimum Gasteiger partial charge on any atom is -0.396 e. The molecule has 0 aliphatic heterocycles. The molecule has 0 saturated carbocycles. The number of benzene rings is 1. The van der Waals surface area contributed by atoms with Gasteiger partial charge >= 0.3 is 0 Å². The van der Waals surface area contributed by atoms with Gasteiger partial charge < -0.3 is 5.11 Å². The minimum absolute atomic E-state index is 0.233. The van der Waals surface area contributed by atoms with Crippen molar-refractivity contribution >= 4 is 11.8 Å². The smallest absolute Gasteiger partial charge is 0.0471 e. The van der Waals surface area contributed by atoms with Gasteiger partial charge in [0.2, 0.25) is 0 Å². The molecule has 0 amide bonds. The Hall–Kier alpha value is -0.470. The maximum Gasteiger partial charge on any atom is 0.0471 e. The first-order valence-corrected chi connectivity index (χ1v) is 5.24. The zero-order valence-corrected chi connectivity index (χ0v) is 8.32. The lowest BCUT2D eigenvalue weighted by molar-refractivity contribution is 0.299. The number of hydrogen-bond acceptors (Lipinski definition) is 2. The molecule has 1 aromatic rings. The second kappa shape index (κ2) is 4.53. The van der Waals surface area contributed by atoms with Gasteiger partial charge in [0, 0.05) is 11.5 Å². The first-order valence-electron chi connectivity index (χ1n) is 4.02. The molecule has 0 aliphatic rings. The van der Waals surface area contributed by atoms with Gasteiger partial charge in [0.05, 0.1) is 0 Å². The summed E-state index contributed by atoms with van der Waals surface area (Å²) in [4.78, 5) is 1.28. The molecule has 0 radical (unpaired) electrons. The van der Waals surface area contributed by atoms with Crippen molar-refractivity contribution in [2.45, 2.75) is 18.2 Å². The molecule has 1 N–H and O–H groups in total. The molecule has 0 heterocycles. The third-order valence-electron chi connectivity index (χ3n) is 1.82. The summed E-state index contributed by atoms with van der Waals surface area (Å²) in [6.45, 7) is 2.32. The lowest BCUT2D eigenvalue weighted by Crippen LogP contribution is -1.93. The van der Waals surface area contributed by atoms with Gasteiger partial charge in [0.1, 0.15) is 0 Å². The van der Waals surface area contributed by atoms with Crippen LogP contribution in [-0.4, -0.2) is 18.0 Å². The summed E-state index contributed by atoms with van der Waals surface area (Å²) < 4.78 is 0. The molecular formula is C10H14OS. The van der Waals surface area contributed by atoms with Crippen molar-refractivity contribution in [3.8, 4) is 0 Å². The van der Waals surface area contributed by atoms with Gasteiger partial charge in [-0.15, -0.1) is 11.8 Å². The number of aliphatic hydroxyl groups is 1. The van der Waals surface area contributed by atoms with Crippen molar-refractivity contribution in [3.63, 3.8) is 0 Å². The highest BCUT2D eigenvalue weighted by atomic mass is 32.2. The van der Waals surface area contributed by atoms with Crippen LogP contribution in [-0.2, 0) is 6.42 Å². The second-order valence-corrected chi connectivity index (χ2v) is 3.64. The molecule has 1 rings (SSSR count). The van der Waals surface area contributed by atoms with Crippen LogP contribution in [0.3, 0.4) is 0 Å². The molecule has 0 bridgehead atoms. The molecule has 0 aliphatic carbocycles. The highest BCUT2D eigenvalue weighted by molar-refractivity contribution is 7.98. The van der Waals surface area contributed by atoms with Crippen LogP contribution in [0.5, 0.6) is 0 Å². The fraction of sp³-hybridized carbons (Fsp3) is 0.400. The van der Waals surface area contributed by atoms with Crippen LogP contribution in [0.15, 0.2) is 23.1 Å². The fourth-order valence-corrected chi connectivity index (χ4v) is 1.91. The van der Waals surface area contributed by atoms with E-state index < -0.39 is 0 Å². The molecule has 1 nitrogen and oxygen atoms in total. The number of thioether (sulfide) groups is 1. The van der Waals surface area contributed by atoms with E-state index in [0.29, 0.717) is 0 Å². The van der Waals surface area contributed by atoms with Crippen LogP contribution < -0.4 is 0 Å². The van der Waals surface area contributed by atoms with Crippen LogP contribution in [0.4, 0.5) is 0 Å². The molecule has 0 saturated heterocycles. The average Bonchev–Trinajstić information content (AvgIpc) is 2.08.